The Bertz CT molecular complexity index is 2000. The number of carbonyl (C=O) groups is 1. The minimum Gasteiger partial charge on any atom is -0.461 e. The highest BCUT2D eigenvalue weighted by molar-refractivity contribution is 5.92. The number of nitrogens with zero attached hydrogens (tertiary/aromatic N) is 7. The second-order valence-electron chi connectivity index (χ2n) is 13.9. The number of benzene rings is 1. The van der Waals surface area contributed by atoms with Crippen LogP contribution in [0, 0.1) is 17.7 Å². The Morgan fingerprint density at radius 3 is 2.73 bits per heavy atom. The van der Waals surface area contributed by atoms with Gasteiger partial charge in [0.05, 0.1) is 53.8 Å². The number of alkyl halides is 3. The fourth-order valence-electron chi connectivity index (χ4n) is 7.91. The zero-order valence-corrected chi connectivity index (χ0v) is 29.1. The average Bonchev–Trinajstić information content (AvgIpc) is 3.75. The smallest absolute Gasteiger partial charge is 0.418 e. The molecule has 0 aliphatic carbocycles. The first kappa shape index (κ1) is 35.6. The Morgan fingerprint density at radius 2 is 2.00 bits per heavy atom. The molecule has 11 nitrogen and oxygen atoms in total. The average molecular weight is 727 g/mol. The fourth-order valence-corrected chi connectivity index (χ4v) is 7.91. The van der Waals surface area contributed by atoms with Crippen LogP contribution in [0.5, 0.6) is 6.01 Å². The van der Waals surface area contributed by atoms with Crippen LogP contribution in [-0.4, -0.2) is 81.3 Å². The molecule has 2 fully saturated rings. The number of halogens is 5. The van der Waals surface area contributed by atoms with Gasteiger partial charge in [0.1, 0.15) is 12.4 Å². The summed E-state index contributed by atoms with van der Waals surface area (Å²) in [7, 11) is 3.30. The quantitative estimate of drug-likeness (QED) is 0.209. The standard InChI is InChI=1S/C36H39F5N8O3/c1-4-7-22-12-25(42)31(38)29(30(22)36(39,40)41)28-14-26-24(19-51-28)32(47-9-6-11-49-23(18-47)13-27(45-49)33(50)46(2)3)44-34(43-26)52-20-35-8-5-10-48(35)17-21(15-35)16-37/h12-13,16,28H,5-6,8-11,14-15,17-20,42H2,1-3H3/b21-16+/t28-,35-/m1/s1. The van der Waals surface area contributed by atoms with Crippen molar-refractivity contribution in [3.8, 4) is 17.9 Å². The molecule has 2 saturated heterocycles. The molecule has 276 valence electrons. The van der Waals surface area contributed by atoms with Crippen molar-refractivity contribution < 1.29 is 36.2 Å². The molecule has 0 spiro atoms. The lowest BCUT2D eigenvalue weighted by atomic mass is 9.91. The number of hydrogen-bond donors (Lipinski definition) is 1. The minimum atomic E-state index is -4.96. The molecule has 2 atom stereocenters. The van der Waals surface area contributed by atoms with Crippen molar-refractivity contribution in [3.63, 3.8) is 0 Å². The lowest BCUT2D eigenvalue weighted by Gasteiger charge is -2.33. The summed E-state index contributed by atoms with van der Waals surface area (Å²) >= 11 is 0. The predicted molar refractivity (Wildman–Crippen MR) is 180 cm³/mol. The SMILES string of the molecule is CC#Cc1cc(N)c(F)c([C@H]2Cc3nc(OC[C@]45CCCN4C/C(=C/F)C5)nc(N4CCCn5nc(C(=O)N(C)C)cc5C4)c3CO2)c1C(F)(F)F. The number of aromatic nitrogens is 4. The van der Waals surface area contributed by atoms with Gasteiger partial charge in [-0.05, 0) is 56.9 Å². The molecule has 2 aromatic heterocycles. The van der Waals surface area contributed by atoms with Crippen LogP contribution in [0.1, 0.15) is 82.8 Å². The number of hydrogen-bond acceptors (Lipinski definition) is 9. The molecule has 4 aliphatic heterocycles. The monoisotopic (exact) mass is 726 g/mol. The number of rotatable bonds is 6. The van der Waals surface area contributed by atoms with Gasteiger partial charge in [-0.3, -0.25) is 14.4 Å². The lowest BCUT2D eigenvalue weighted by molar-refractivity contribution is -0.140. The van der Waals surface area contributed by atoms with E-state index in [1.54, 1.807) is 24.8 Å². The van der Waals surface area contributed by atoms with Gasteiger partial charge in [-0.25, -0.2) is 8.78 Å². The van der Waals surface area contributed by atoms with E-state index >= 15 is 4.39 Å². The molecule has 4 aliphatic rings. The summed E-state index contributed by atoms with van der Waals surface area (Å²) in [6.07, 6.45) is -3.08. The minimum absolute atomic E-state index is 0.00355. The van der Waals surface area contributed by atoms with Gasteiger partial charge in [0.25, 0.3) is 5.91 Å². The Labute approximate surface area is 297 Å². The predicted octanol–water partition coefficient (Wildman–Crippen LogP) is 5.18. The Kier molecular flexibility index (Phi) is 9.37. The zero-order chi connectivity index (χ0) is 36.9. The summed E-state index contributed by atoms with van der Waals surface area (Å²) in [4.78, 5) is 27.9. The lowest BCUT2D eigenvalue weighted by Crippen LogP contribution is -2.43. The summed E-state index contributed by atoms with van der Waals surface area (Å²) in [5.41, 5.74) is 5.17. The molecule has 1 aromatic carbocycles. The van der Waals surface area contributed by atoms with Gasteiger partial charge in [0.2, 0.25) is 0 Å². The number of fused-ring (bicyclic) bond motifs is 3. The van der Waals surface area contributed by atoms with Gasteiger partial charge >= 0.3 is 12.2 Å². The van der Waals surface area contributed by atoms with Gasteiger partial charge in [-0.2, -0.15) is 28.2 Å². The topological polar surface area (TPSA) is 115 Å². The highest BCUT2D eigenvalue weighted by Crippen LogP contribution is 2.45. The van der Waals surface area contributed by atoms with E-state index in [4.69, 9.17) is 25.2 Å². The van der Waals surface area contributed by atoms with Crippen LogP contribution in [0.15, 0.2) is 24.0 Å². The van der Waals surface area contributed by atoms with Crippen LogP contribution < -0.4 is 15.4 Å². The van der Waals surface area contributed by atoms with Crippen molar-refractivity contribution in [2.75, 3.05) is 51.0 Å². The van der Waals surface area contributed by atoms with Gasteiger partial charge in [-0.15, -0.1) is 5.92 Å². The third kappa shape index (κ3) is 6.44. The van der Waals surface area contributed by atoms with E-state index in [1.165, 1.54) is 11.8 Å². The van der Waals surface area contributed by atoms with Crippen LogP contribution in [0.3, 0.4) is 0 Å². The molecule has 1 amide bonds. The Morgan fingerprint density at radius 1 is 1.19 bits per heavy atom. The largest absolute Gasteiger partial charge is 0.461 e. The van der Waals surface area contributed by atoms with E-state index in [2.05, 4.69) is 21.8 Å². The van der Waals surface area contributed by atoms with Gasteiger partial charge in [0, 0.05) is 56.8 Å². The van der Waals surface area contributed by atoms with Crippen LogP contribution >= 0.6 is 0 Å². The summed E-state index contributed by atoms with van der Waals surface area (Å²) in [6, 6.07) is 2.62. The van der Waals surface area contributed by atoms with Crippen molar-refractivity contribution in [2.45, 2.75) is 76.5 Å². The van der Waals surface area contributed by atoms with Crippen molar-refractivity contribution in [2.24, 2.45) is 0 Å². The molecule has 6 heterocycles. The van der Waals surface area contributed by atoms with Gasteiger partial charge < -0.3 is 25.0 Å². The third-order valence-corrected chi connectivity index (χ3v) is 10.3. The maximum absolute atomic E-state index is 15.7. The summed E-state index contributed by atoms with van der Waals surface area (Å²) in [6.45, 7) is 4.01. The number of nitrogens with two attached hydrogens (primary N) is 1. The number of aryl methyl sites for hydroxylation is 1. The van der Waals surface area contributed by atoms with Crippen LogP contribution in [0.25, 0.3) is 0 Å². The van der Waals surface area contributed by atoms with Crippen LogP contribution in [0.4, 0.5) is 33.5 Å². The highest BCUT2D eigenvalue weighted by Gasteiger charge is 2.47. The van der Waals surface area contributed by atoms with Crippen molar-refractivity contribution in [3.05, 3.63) is 69.2 Å². The molecule has 7 rings (SSSR count). The van der Waals surface area contributed by atoms with E-state index in [0.717, 1.165) is 31.1 Å². The Balaban J connectivity index is 1.28. The highest BCUT2D eigenvalue weighted by atomic mass is 19.4. The van der Waals surface area contributed by atoms with E-state index in [0.29, 0.717) is 73.7 Å². The van der Waals surface area contributed by atoms with Gasteiger partial charge in [0.15, 0.2) is 11.5 Å². The van der Waals surface area contributed by atoms with E-state index < -0.39 is 46.0 Å². The molecule has 52 heavy (non-hydrogen) atoms. The molecular weight excluding hydrogens is 687 g/mol. The first-order valence-corrected chi connectivity index (χ1v) is 17.1. The Hall–Kier alpha value is -4.75. The summed E-state index contributed by atoms with van der Waals surface area (Å²) in [5, 5.41) is 4.52. The molecule has 2 N–H and O–H groups in total. The summed E-state index contributed by atoms with van der Waals surface area (Å²) < 4.78 is 87.2. The van der Waals surface area contributed by atoms with Crippen LogP contribution in [0.2, 0.25) is 0 Å². The summed E-state index contributed by atoms with van der Waals surface area (Å²) in [5.74, 6) is 3.87. The van der Waals surface area contributed by atoms with Crippen molar-refractivity contribution in [1.29, 1.82) is 0 Å². The first-order chi connectivity index (χ1) is 24.8. The number of nitrogen functional groups attached to an aromatic ring is 1. The van der Waals surface area contributed by atoms with Crippen molar-refractivity contribution >= 4 is 17.4 Å². The van der Waals surface area contributed by atoms with Crippen LogP contribution in [-0.2, 0) is 37.0 Å². The maximum atomic E-state index is 15.7. The van der Waals surface area contributed by atoms with E-state index in [9.17, 15) is 22.4 Å². The molecule has 0 unspecified atom stereocenters. The third-order valence-electron chi connectivity index (χ3n) is 10.3. The molecule has 3 aromatic rings. The molecule has 0 saturated carbocycles. The molecule has 0 bridgehead atoms. The number of amides is 1. The molecule has 16 heteroatoms. The maximum Gasteiger partial charge on any atom is 0.418 e. The van der Waals surface area contributed by atoms with Gasteiger partial charge in [-0.1, -0.05) is 5.92 Å². The number of ether oxygens (including phenoxy) is 2. The van der Waals surface area contributed by atoms with Crippen molar-refractivity contribution in [1.82, 2.24) is 29.5 Å². The molecule has 0 radical (unpaired) electrons. The van der Waals surface area contributed by atoms with E-state index in [-0.39, 0.29) is 31.6 Å². The van der Waals surface area contributed by atoms with E-state index in [1.807, 2.05) is 4.90 Å². The number of anilines is 2. The first-order valence-electron chi connectivity index (χ1n) is 17.1. The normalized spacial score (nSPS) is 22.3. The fraction of sp³-hybridized carbons (Fsp3) is 0.500. The second-order valence-corrected chi connectivity index (χ2v) is 13.9. The zero-order valence-electron chi connectivity index (χ0n) is 29.1. The molecular formula is C36H39F5N8O3. The number of carbonyl (C=O) groups excluding carboxylic acids is 1. The second kappa shape index (κ2) is 13.7.